The van der Waals surface area contributed by atoms with Crippen LogP contribution in [-0.4, -0.2) is 16.3 Å². The molecule has 0 radical (unpaired) electrons. The molecule has 0 fully saturated rings. The third-order valence-corrected chi connectivity index (χ3v) is 4.15. The Hall–Kier alpha value is -1.03. The van der Waals surface area contributed by atoms with Crippen LogP contribution in [0.5, 0.6) is 0 Å². The molecule has 0 aliphatic heterocycles. The van der Waals surface area contributed by atoms with Crippen LogP contribution in [0.4, 0.5) is 0 Å². The molecule has 0 saturated heterocycles. The summed E-state index contributed by atoms with van der Waals surface area (Å²) in [7, 11) is 0. The minimum Gasteiger partial charge on any atom is -0.312 e. The van der Waals surface area contributed by atoms with Gasteiger partial charge in [0, 0.05) is 33.4 Å². The summed E-state index contributed by atoms with van der Waals surface area (Å²) in [5.41, 5.74) is 3.26. The fourth-order valence-electron chi connectivity index (χ4n) is 2.15. The smallest absolute Gasteiger partial charge is 0.0691 e. The van der Waals surface area contributed by atoms with Gasteiger partial charge in [0.25, 0.3) is 0 Å². The maximum atomic E-state index is 6.22. The summed E-state index contributed by atoms with van der Waals surface area (Å²) in [5.74, 6) is 0.641. The number of nitrogens with one attached hydrogen (secondary N) is 1. The molecule has 0 unspecified atom stereocenters. The Labute approximate surface area is 136 Å². The van der Waals surface area contributed by atoms with Crippen LogP contribution in [0.3, 0.4) is 0 Å². The number of hydrogen-bond acceptors (Lipinski definition) is 2. The molecule has 0 bridgehead atoms. The van der Waals surface area contributed by atoms with E-state index in [1.165, 1.54) is 5.56 Å². The highest BCUT2D eigenvalue weighted by atomic mass is 35.5. The summed E-state index contributed by atoms with van der Waals surface area (Å²) in [6, 6.07) is 5.56. The monoisotopic (exact) mass is 325 g/mol. The van der Waals surface area contributed by atoms with E-state index >= 15 is 0 Å². The molecule has 0 amide bonds. The molecule has 1 aromatic heterocycles. The first kappa shape index (κ1) is 16.3. The van der Waals surface area contributed by atoms with Crippen LogP contribution >= 0.6 is 23.2 Å². The van der Waals surface area contributed by atoms with E-state index in [2.05, 4.69) is 31.2 Å². The predicted octanol–water partition coefficient (Wildman–Crippen LogP) is 4.29. The molecular weight excluding hydrogens is 305 g/mol. The molecule has 2 rings (SSSR count). The van der Waals surface area contributed by atoms with Crippen LogP contribution < -0.4 is 5.32 Å². The largest absolute Gasteiger partial charge is 0.312 e. The summed E-state index contributed by atoms with van der Waals surface area (Å²) >= 11 is 12.4. The van der Waals surface area contributed by atoms with Gasteiger partial charge in [0.05, 0.1) is 12.7 Å². The van der Waals surface area contributed by atoms with Crippen molar-refractivity contribution in [2.24, 2.45) is 5.92 Å². The zero-order chi connectivity index (χ0) is 15.4. The lowest BCUT2D eigenvalue weighted by Gasteiger charge is -2.10. The molecule has 5 heteroatoms. The SMILES string of the molecule is Cc1c(CNCC(C)C)cnn1Cc1c(Cl)cccc1Cl. The topological polar surface area (TPSA) is 29.9 Å². The maximum absolute atomic E-state index is 6.22. The van der Waals surface area contributed by atoms with Crippen molar-refractivity contribution in [2.75, 3.05) is 6.54 Å². The molecule has 0 aliphatic carbocycles. The van der Waals surface area contributed by atoms with Crippen molar-refractivity contribution in [3.8, 4) is 0 Å². The lowest BCUT2D eigenvalue weighted by atomic mass is 10.2. The first-order valence-corrected chi connectivity index (χ1v) is 7.89. The molecule has 1 N–H and O–H groups in total. The van der Waals surface area contributed by atoms with Crippen molar-refractivity contribution in [2.45, 2.75) is 33.9 Å². The Morgan fingerprint density at radius 2 is 1.90 bits per heavy atom. The highest BCUT2D eigenvalue weighted by Crippen LogP contribution is 2.25. The van der Waals surface area contributed by atoms with Gasteiger partial charge in [-0.2, -0.15) is 5.10 Å². The van der Waals surface area contributed by atoms with E-state index in [0.717, 1.165) is 24.3 Å². The predicted molar refractivity (Wildman–Crippen MR) is 89.1 cm³/mol. The molecule has 3 nitrogen and oxygen atoms in total. The van der Waals surface area contributed by atoms with Gasteiger partial charge in [-0.15, -0.1) is 0 Å². The normalized spacial score (nSPS) is 11.3. The average Bonchev–Trinajstić information content (AvgIpc) is 2.75. The van der Waals surface area contributed by atoms with E-state index < -0.39 is 0 Å². The third-order valence-electron chi connectivity index (χ3n) is 3.44. The van der Waals surface area contributed by atoms with Crippen molar-refractivity contribution in [3.63, 3.8) is 0 Å². The van der Waals surface area contributed by atoms with Gasteiger partial charge in [-0.1, -0.05) is 43.1 Å². The Balaban J connectivity index is 2.10. The van der Waals surface area contributed by atoms with Gasteiger partial charge < -0.3 is 5.32 Å². The Morgan fingerprint density at radius 3 is 2.52 bits per heavy atom. The van der Waals surface area contributed by atoms with Gasteiger partial charge in [-0.3, -0.25) is 4.68 Å². The molecule has 0 saturated carbocycles. The first-order valence-electron chi connectivity index (χ1n) is 7.14. The van der Waals surface area contributed by atoms with Crippen molar-refractivity contribution < 1.29 is 0 Å². The second kappa shape index (κ2) is 7.30. The molecular formula is C16H21Cl2N3. The van der Waals surface area contributed by atoms with Crippen molar-refractivity contribution in [1.29, 1.82) is 0 Å². The Morgan fingerprint density at radius 1 is 1.24 bits per heavy atom. The summed E-state index contributed by atoms with van der Waals surface area (Å²) in [5, 5.41) is 9.24. The quantitative estimate of drug-likeness (QED) is 0.858. The molecule has 21 heavy (non-hydrogen) atoms. The van der Waals surface area contributed by atoms with Gasteiger partial charge in [0.2, 0.25) is 0 Å². The zero-order valence-corrected chi connectivity index (χ0v) is 14.2. The number of benzene rings is 1. The molecule has 0 atom stereocenters. The van der Waals surface area contributed by atoms with E-state index in [4.69, 9.17) is 23.2 Å². The standard InChI is InChI=1S/C16H21Cl2N3/c1-11(2)7-19-8-13-9-20-21(12(13)3)10-14-15(17)5-4-6-16(14)18/h4-6,9,11,19H,7-8,10H2,1-3H3. The minimum absolute atomic E-state index is 0.592. The molecule has 2 aromatic rings. The Bertz CT molecular complexity index is 585. The van der Waals surface area contributed by atoms with Crippen LogP contribution in [-0.2, 0) is 13.1 Å². The molecule has 1 heterocycles. The van der Waals surface area contributed by atoms with E-state index in [0.29, 0.717) is 22.5 Å². The second-order valence-corrected chi connectivity index (χ2v) is 6.45. The van der Waals surface area contributed by atoms with Gasteiger partial charge >= 0.3 is 0 Å². The van der Waals surface area contributed by atoms with E-state index in [9.17, 15) is 0 Å². The third kappa shape index (κ3) is 4.22. The van der Waals surface area contributed by atoms with E-state index in [1.807, 2.05) is 29.1 Å². The number of halogens is 2. The fraction of sp³-hybridized carbons (Fsp3) is 0.438. The molecule has 114 valence electrons. The van der Waals surface area contributed by atoms with Crippen LogP contribution in [0.15, 0.2) is 24.4 Å². The van der Waals surface area contributed by atoms with Crippen LogP contribution in [0, 0.1) is 12.8 Å². The summed E-state index contributed by atoms with van der Waals surface area (Å²) < 4.78 is 1.94. The molecule has 0 spiro atoms. The van der Waals surface area contributed by atoms with Gasteiger partial charge in [0.15, 0.2) is 0 Å². The summed E-state index contributed by atoms with van der Waals surface area (Å²) in [6.07, 6.45) is 1.91. The van der Waals surface area contributed by atoms with Crippen molar-refractivity contribution >= 4 is 23.2 Å². The number of rotatable bonds is 6. The average molecular weight is 326 g/mol. The lowest BCUT2D eigenvalue weighted by Crippen LogP contribution is -2.19. The zero-order valence-electron chi connectivity index (χ0n) is 12.7. The van der Waals surface area contributed by atoms with Crippen LogP contribution in [0.1, 0.15) is 30.7 Å². The van der Waals surface area contributed by atoms with Crippen molar-refractivity contribution in [3.05, 3.63) is 51.3 Å². The van der Waals surface area contributed by atoms with Crippen LogP contribution in [0.25, 0.3) is 0 Å². The highest BCUT2D eigenvalue weighted by molar-refractivity contribution is 6.35. The summed E-state index contributed by atoms with van der Waals surface area (Å²) in [4.78, 5) is 0. The van der Waals surface area contributed by atoms with Crippen molar-refractivity contribution in [1.82, 2.24) is 15.1 Å². The number of nitrogens with zero attached hydrogens (tertiary/aromatic N) is 2. The highest BCUT2D eigenvalue weighted by Gasteiger charge is 2.11. The molecule has 0 aliphatic rings. The van der Waals surface area contributed by atoms with E-state index in [-0.39, 0.29) is 0 Å². The van der Waals surface area contributed by atoms with E-state index in [1.54, 1.807) is 0 Å². The second-order valence-electron chi connectivity index (χ2n) is 5.64. The Kier molecular flexibility index (Phi) is 5.68. The number of hydrogen-bond donors (Lipinski definition) is 1. The number of aromatic nitrogens is 2. The van der Waals surface area contributed by atoms with Crippen LogP contribution in [0.2, 0.25) is 10.0 Å². The van der Waals surface area contributed by atoms with Gasteiger partial charge in [-0.05, 0) is 31.5 Å². The van der Waals surface area contributed by atoms with Gasteiger partial charge in [-0.25, -0.2) is 0 Å². The summed E-state index contributed by atoms with van der Waals surface area (Å²) in [6.45, 7) is 8.89. The lowest BCUT2D eigenvalue weighted by molar-refractivity contribution is 0.551. The maximum Gasteiger partial charge on any atom is 0.0691 e. The fourth-order valence-corrected chi connectivity index (χ4v) is 2.66. The first-order chi connectivity index (χ1) is 9.99. The minimum atomic E-state index is 0.592. The molecule has 1 aromatic carbocycles. The van der Waals surface area contributed by atoms with Gasteiger partial charge in [0.1, 0.15) is 0 Å².